The SMILES string of the molecule is Clc1ncc(Br)c(Cl)n1.Cn1cc(-c2ccc(N)c(P(C)(C)=O)c2)cn1.Cn1cc(-c2ccc(Nc3nc(Cl)ncc3Br)c(P(C)(C)=O)c2)cn1.O=CO[O-].[2H]CF.[H-].[K+].[K+]. The van der Waals surface area contributed by atoms with E-state index in [1.807, 2.05) is 56.8 Å². The molecule has 0 unspecified atom stereocenters. The van der Waals surface area contributed by atoms with Crippen molar-refractivity contribution in [1.82, 2.24) is 39.5 Å². The van der Waals surface area contributed by atoms with Crippen LogP contribution in [0.3, 0.4) is 0 Å². The molecule has 0 aliphatic carbocycles. The van der Waals surface area contributed by atoms with Gasteiger partial charge in [0.05, 0.1) is 35.6 Å². The molecule has 59 heavy (non-hydrogen) atoms. The molecule has 6 rings (SSSR count). The van der Waals surface area contributed by atoms with Gasteiger partial charge in [0.2, 0.25) is 10.6 Å². The third-order valence-corrected chi connectivity index (χ3v) is 12.1. The molecule has 3 N–H and O–H groups in total. The van der Waals surface area contributed by atoms with Crippen LogP contribution in [0.5, 0.6) is 0 Å². The van der Waals surface area contributed by atoms with Gasteiger partial charge in [-0.3, -0.25) is 18.5 Å². The van der Waals surface area contributed by atoms with E-state index in [0.29, 0.717) is 25.6 Å². The van der Waals surface area contributed by atoms with Crippen LogP contribution in [0.25, 0.3) is 22.3 Å². The number of nitrogens with two attached hydrogens (primary N) is 1. The Bertz CT molecular complexity index is 2410. The smallest absolute Gasteiger partial charge is 1.00 e. The molecule has 2 aromatic carbocycles. The van der Waals surface area contributed by atoms with Crippen molar-refractivity contribution in [3.05, 3.63) is 98.2 Å². The van der Waals surface area contributed by atoms with E-state index in [-0.39, 0.29) is 121 Å². The number of rotatable bonds is 7. The number of halogens is 6. The van der Waals surface area contributed by atoms with E-state index < -0.39 is 21.4 Å². The van der Waals surface area contributed by atoms with E-state index in [0.717, 1.165) is 38.6 Å². The molecule has 0 radical (unpaired) electrons. The number of aromatic nitrogens is 8. The molecular weight excluding hydrogens is 1050 g/mol. The van der Waals surface area contributed by atoms with Gasteiger partial charge in [-0.15, -0.1) is 0 Å². The Morgan fingerprint density at radius 2 is 1.27 bits per heavy atom. The van der Waals surface area contributed by atoms with Crippen molar-refractivity contribution in [1.29, 1.82) is 0 Å². The normalized spacial score (nSPS) is 10.4. The number of carbonyl (C=O) groups is 1. The van der Waals surface area contributed by atoms with Gasteiger partial charge in [0.25, 0.3) is 6.47 Å². The van der Waals surface area contributed by atoms with Gasteiger partial charge in [-0.2, -0.15) is 15.2 Å². The molecule has 0 saturated heterocycles. The van der Waals surface area contributed by atoms with Crippen LogP contribution in [0.2, 0.25) is 15.7 Å². The second-order valence-corrected chi connectivity index (χ2v) is 21.1. The number of aryl methyl sites for hydroxylation is 2. The number of nitrogens with one attached hydrogen (secondary N) is 1. The molecule has 15 nitrogen and oxygen atoms in total. The number of hydrogen-bond donors (Lipinski definition) is 2. The predicted octanol–water partition coefficient (Wildman–Crippen LogP) is 1.89. The van der Waals surface area contributed by atoms with Gasteiger partial charge >= 0.3 is 103 Å². The van der Waals surface area contributed by atoms with Crippen molar-refractivity contribution in [3.63, 3.8) is 0 Å². The molecule has 0 aliphatic heterocycles. The van der Waals surface area contributed by atoms with E-state index >= 15 is 0 Å². The van der Waals surface area contributed by atoms with Gasteiger partial charge < -0.3 is 31.8 Å². The first-order valence-corrected chi connectivity index (χ1v) is 23.6. The van der Waals surface area contributed by atoms with Crippen LogP contribution in [0.15, 0.2) is 82.5 Å². The molecule has 25 heteroatoms. The van der Waals surface area contributed by atoms with Gasteiger partial charge in [0, 0.05) is 66.3 Å². The van der Waals surface area contributed by atoms with Crippen molar-refractivity contribution in [2.24, 2.45) is 14.1 Å². The maximum Gasteiger partial charge on any atom is 1.00 e. The molecule has 0 atom stereocenters. The molecule has 4 heterocycles. The maximum atomic E-state index is 12.8. The van der Waals surface area contributed by atoms with Crippen LogP contribution >= 0.6 is 80.9 Å². The van der Waals surface area contributed by atoms with Crippen molar-refractivity contribution < 1.29 is 134 Å². The fourth-order valence-electron chi connectivity index (χ4n) is 4.48. The fourth-order valence-corrected chi connectivity index (χ4v) is 7.71. The van der Waals surface area contributed by atoms with Crippen LogP contribution in [0.1, 0.15) is 2.80 Å². The van der Waals surface area contributed by atoms with Gasteiger partial charge in [0.15, 0.2) is 0 Å². The summed E-state index contributed by atoms with van der Waals surface area (Å²) >= 11 is 23.3. The van der Waals surface area contributed by atoms with Crippen molar-refractivity contribution in [3.8, 4) is 22.3 Å². The molecule has 0 aliphatic rings. The molecule has 4 aromatic heterocycles. The van der Waals surface area contributed by atoms with Crippen molar-refractivity contribution >= 4 is 115 Å². The standard InChI is InChI=1S/C16H16BrClN5OP.C12H16N3OP.C4HBrCl2N2.CH3F.CH2O3.2K.H/c1-23-9-11(7-20-23)10-4-5-13(14(6-10)25(2,3)24)21-15-12(17)8-19-16(18)22-15;1-15-8-10(7-14-15)9-4-5-11(13)12(6-9)17(2,3)16;5-2-1-8-4(7)9-3(2)6;1-2;2-1-4-3;;;/h4-9H,1-3H3,(H,19,21,22);4-8H,13H2,1-3H3;1H;1H3;1,3H;;;/q;;;;;2*+1;-1/p-1/i;;;1D;;;;. The molecule has 0 fully saturated rings. The predicted molar refractivity (Wildman–Crippen MR) is 233 cm³/mol. The van der Waals surface area contributed by atoms with Gasteiger partial charge in [-0.05, 0) is 117 Å². The number of carbonyl (C=O) groups excluding carboxylic acids is 1. The minimum absolute atomic E-state index is 0. The third kappa shape index (κ3) is 19.9. The summed E-state index contributed by atoms with van der Waals surface area (Å²) in [6, 6.07) is 11.4. The Hall–Kier alpha value is -0.457. The Kier molecular flexibility index (Phi) is 27.2. The molecule has 0 amide bonds. The Labute approximate surface area is 461 Å². The number of anilines is 3. The van der Waals surface area contributed by atoms with Gasteiger partial charge in [-0.1, -0.05) is 23.7 Å². The summed E-state index contributed by atoms with van der Waals surface area (Å²) in [6.07, 6.45) is 10.5. The van der Waals surface area contributed by atoms with Gasteiger partial charge in [-0.25, -0.2) is 15.0 Å². The van der Waals surface area contributed by atoms with Gasteiger partial charge in [0.1, 0.15) is 25.3 Å². The molecule has 0 bridgehead atoms. The zero-order valence-electron chi connectivity index (χ0n) is 35.1. The largest absolute Gasteiger partial charge is 1.00 e. The molecule has 308 valence electrons. The number of nitrogens with zero attached hydrogens (tertiary/aromatic N) is 8. The van der Waals surface area contributed by atoms with Crippen LogP contribution in [0, 0.1) is 0 Å². The summed E-state index contributed by atoms with van der Waals surface area (Å²) in [5, 5.41) is 22.0. The van der Waals surface area contributed by atoms with Crippen molar-refractivity contribution in [2.45, 2.75) is 0 Å². The average molecular weight is 1090 g/mol. The first-order chi connectivity index (χ1) is 27.1. The zero-order valence-corrected chi connectivity index (χ0v) is 46.5. The van der Waals surface area contributed by atoms with E-state index in [1.54, 1.807) is 60.7 Å². The van der Waals surface area contributed by atoms with Crippen molar-refractivity contribution in [2.75, 3.05) is 44.9 Å². The third-order valence-electron chi connectivity index (χ3n) is 6.94. The van der Waals surface area contributed by atoms with Crippen LogP contribution in [-0.2, 0) is 32.9 Å². The van der Waals surface area contributed by atoms with Crippen LogP contribution < -0.4 is 130 Å². The molecular formula is C34H38Br2Cl3FK2N10O5P2. The summed E-state index contributed by atoms with van der Waals surface area (Å²) in [7, 11) is -2.16. The maximum absolute atomic E-state index is 12.8. The number of benzene rings is 2. The minimum atomic E-state index is -2.54. The quantitative estimate of drug-likeness (QED) is 0.0343. The summed E-state index contributed by atoms with van der Waals surface area (Å²) < 4.78 is 45.2. The number of nitrogen functional groups attached to an aromatic ring is 1. The summed E-state index contributed by atoms with van der Waals surface area (Å²) in [4.78, 5) is 26.6. The van der Waals surface area contributed by atoms with Crippen LogP contribution in [-0.4, -0.2) is 79.8 Å². The molecule has 0 saturated carbocycles. The van der Waals surface area contributed by atoms with E-state index in [9.17, 15) is 13.5 Å². The minimum Gasteiger partial charge on any atom is -1.00 e. The fraction of sp³-hybridized carbons (Fsp3) is 0.206. The van der Waals surface area contributed by atoms with E-state index in [2.05, 4.69) is 72.2 Å². The summed E-state index contributed by atoms with van der Waals surface area (Å²) in [5.74, 6) is 0.517. The molecule has 6 aromatic rings. The monoisotopic (exact) mass is 1090 g/mol. The van der Waals surface area contributed by atoms with Crippen LogP contribution in [0.4, 0.5) is 21.6 Å². The second kappa shape index (κ2) is 28.4. The second-order valence-electron chi connectivity index (χ2n) is 11.9. The zero-order chi connectivity index (χ0) is 43.8. The first kappa shape index (κ1) is 56.6. The number of alkyl halides is 1. The van der Waals surface area contributed by atoms with E-state index in [1.165, 1.54) is 6.20 Å². The molecule has 0 spiro atoms. The number of hydrogen-bond acceptors (Lipinski definition) is 13. The first-order valence-electron chi connectivity index (χ1n) is 16.3. The summed E-state index contributed by atoms with van der Waals surface area (Å²) in [6.45, 7) is 6.75. The Balaban J connectivity index is 0. The Morgan fingerprint density at radius 3 is 1.68 bits per heavy atom. The van der Waals surface area contributed by atoms with E-state index in [4.69, 9.17) is 52.0 Å². The topological polar surface area (TPSA) is 209 Å². The Morgan fingerprint density at radius 1 is 0.831 bits per heavy atom. The average Bonchev–Trinajstić information content (AvgIpc) is 3.80. The summed E-state index contributed by atoms with van der Waals surface area (Å²) in [5.41, 5.74) is 11.1.